The summed E-state index contributed by atoms with van der Waals surface area (Å²) in [6.45, 7) is 7.74. The van der Waals surface area contributed by atoms with Gasteiger partial charge in [-0.05, 0) is 60.6 Å². The van der Waals surface area contributed by atoms with Gasteiger partial charge in [0, 0.05) is 5.69 Å². The highest BCUT2D eigenvalue weighted by atomic mass is 32.1. The van der Waals surface area contributed by atoms with Crippen LogP contribution in [-0.2, 0) is 4.79 Å². The van der Waals surface area contributed by atoms with Crippen LogP contribution >= 0.6 is 23.6 Å². The maximum atomic E-state index is 12.5. The Morgan fingerprint density at radius 3 is 2.44 bits per heavy atom. The molecule has 1 heterocycles. The van der Waals surface area contributed by atoms with Crippen LogP contribution in [0.3, 0.4) is 0 Å². The van der Waals surface area contributed by atoms with E-state index in [2.05, 4.69) is 21.5 Å². The molecule has 144 valence electrons. The van der Waals surface area contributed by atoms with Gasteiger partial charge in [0.2, 0.25) is 0 Å². The molecule has 1 unspecified atom stereocenters. The number of rotatable bonds is 5. The third kappa shape index (κ3) is 5.77. The molecule has 0 spiro atoms. The van der Waals surface area contributed by atoms with Crippen LogP contribution in [0, 0.1) is 19.8 Å². The van der Waals surface area contributed by atoms with Crippen molar-refractivity contribution < 1.29 is 9.59 Å². The molecule has 0 radical (unpaired) electrons. The molecule has 8 heteroatoms. The first-order chi connectivity index (χ1) is 12.8. The van der Waals surface area contributed by atoms with E-state index in [0.29, 0.717) is 4.88 Å². The molecule has 2 aromatic rings. The highest BCUT2D eigenvalue weighted by Crippen LogP contribution is 2.17. The zero-order chi connectivity index (χ0) is 20.0. The Hall–Kier alpha value is -2.45. The summed E-state index contributed by atoms with van der Waals surface area (Å²) in [5.74, 6) is -0.716. The van der Waals surface area contributed by atoms with Crippen molar-refractivity contribution in [1.82, 2.24) is 16.2 Å². The second-order valence-electron chi connectivity index (χ2n) is 6.49. The number of thiocarbonyl (C=S) groups is 1. The lowest BCUT2D eigenvalue weighted by Gasteiger charge is -2.22. The number of nitrogens with one attached hydrogen (secondary N) is 4. The van der Waals surface area contributed by atoms with Crippen LogP contribution in [0.4, 0.5) is 5.69 Å². The molecule has 0 saturated carbocycles. The van der Waals surface area contributed by atoms with Gasteiger partial charge in [-0.2, -0.15) is 0 Å². The second-order valence-corrected chi connectivity index (χ2v) is 7.84. The molecular formula is C19H24N4O2S2. The van der Waals surface area contributed by atoms with Gasteiger partial charge in [0.05, 0.1) is 4.88 Å². The molecule has 0 bridgehead atoms. The molecule has 4 N–H and O–H groups in total. The average molecular weight is 405 g/mol. The molecule has 0 saturated heterocycles. The number of hydrogen-bond donors (Lipinski definition) is 4. The summed E-state index contributed by atoms with van der Waals surface area (Å²) >= 11 is 6.57. The van der Waals surface area contributed by atoms with Crippen LogP contribution in [0.2, 0.25) is 0 Å². The Balaban J connectivity index is 1.92. The number of carbonyl (C=O) groups excluding carboxylic acids is 2. The van der Waals surface area contributed by atoms with E-state index in [1.807, 2.05) is 51.3 Å². The number of benzene rings is 1. The van der Waals surface area contributed by atoms with Gasteiger partial charge in [0.15, 0.2) is 5.11 Å². The summed E-state index contributed by atoms with van der Waals surface area (Å²) in [6.07, 6.45) is 0. The van der Waals surface area contributed by atoms with Gasteiger partial charge < -0.3 is 10.6 Å². The summed E-state index contributed by atoms with van der Waals surface area (Å²) in [7, 11) is 0. The van der Waals surface area contributed by atoms with Crippen molar-refractivity contribution >= 4 is 46.2 Å². The summed E-state index contributed by atoms with van der Waals surface area (Å²) in [5.41, 5.74) is 8.35. The maximum absolute atomic E-state index is 12.5. The van der Waals surface area contributed by atoms with Gasteiger partial charge in [-0.15, -0.1) is 11.3 Å². The molecule has 0 aliphatic carbocycles. The largest absolute Gasteiger partial charge is 0.339 e. The number of carbonyl (C=O) groups is 2. The van der Waals surface area contributed by atoms with E-state index in [1.54, 1.807) is 12.1 Å². The lowest BCUT2D eigenvalue weighted by molar-refractivity contribution is -0.124. The molecule has 1 atom stereocenters. The molecule has 0 aliphatic heterocycles. The number of anilines is 1. The Morgan fingerprint density at radius 2 is 1.81 bits per heavy atom. The molecule has 27 heavy (non-hydrogen) atoms. The van der Waals surface area contributed by atoms with Crippen LogP contribution in [0.1, 0.15) is 34.6 Å². The van der Waals surface area contributed by atoms with E-state index in [0.717, 1.165) is 16.8 Å². The zero-order valence-electron chi connectivity index (χ0n) is 15.8. The van der Waals surface area contributed by atoms with Gasteiger partial charge in [0.1, 0.15) is 6.04 Å². The monoisotopic (exact) mass is 404 g/mol. The Kier molecular flexibility index (Phi) is 7.32. The number of hydrogen-bond acceptors (Lipinski definition) is 4. The fraction of sp³-hybridized carbons (Fsp3) is 0.316. The van der Waals surface area contributed by atoms with Gasteiger partial charge in [-0.3, -0.25) is 20.4 Å². The Labute approximate surface area is 168 Å². The first kappa shape index (κ1) is 20.9. The van der Waals surface area contributed by atoms with E-state index in [1.165, 1.54) is 11.3 Å². The Morgan fingerprint density at radius 1 is 1.07 bits per heavy atom. The van der Waals surface area contributed by atoms with Crippen molar-refractivity contribution in [2.24, 2.45) is 5.92 Å². The zero-order valence-corrected chi connectivity index (χ0v) is 17.4. The fourth-order valence-electron chi connectivity index (χ4n) is 2.39. The van der Waals surface area contributed by atoms with Crippen LogP contribution in [0.5, 0.6) is 0 Å². The SMILES string of the molecule is Cc1cccc(NC(=S)NNC(=O)C(NC(=O)c2cccs2)C(C)C)c1C. The first-order valence-corrected chi connectivity index (χ1v) is 9.85. The molecule has 1 aromatic heterocycles. The van der Waals surface area contributed by atoms with E-state index in [9.17, 15) is 9.59 Å². The topological polar surface area (TPSA) is 82.3 Å². The summed E-state index contributed by atoms with van der Waals surface area (Å²) < 4.78 is 0. The van der Waals surface area contributed by atoms with Crippen LogP contribution < -0.4 is 21.5 Å². The second kappa shape index (κ2) is 9.48. The minimum Gasteiger partial charge on any atom is -0.339 e. The van der Waals surface area contributed by atoms with Crippen molar-refractivity contribution in [3.63, 3.8) is 0 Å². The standard InChI is InChI=1S/C19H24N4O2S2/c1-11(2)16(21-17(24)15-9-6-10-27-15)18(25)22-23-19(26)20-14-8-5-7-12(3)13(14)4/h5-11,16H,1-4H3,(H,21,24)(H,22,25)(H2,20,23,26). The number of amides is 2. The first-order valence-electron chi connectivity index (χ1n) is 8.57. The van der Waals surface area contributed by atoms with Crippen LogP contribution in [0.25, 0.3) is 0 Å². The highest BCUT2D eigenvalue weighted by Gasteiger charge is 2.25. The number of thiophene rings is 1. The number of hydrazine groups is 1. The normalized spacial score (nSPS) is 11.6. The fourth-order valence-corrected chi connectivity index (χ4v) is 3.18. The predicted octanol–water partition coefficient (Wildman–Crippen LogP) is 3.14. The smallest absolute Gasteiger partial charge is 0.262 e. The van der Waals surface area contributed by atoms with E-state index < -0.39 is 6.04 Å². The van der Waals surface area contributed by atoms with Crippen LogP contribution in [0.15, 0.2) is 35.7 Å². The average Bonchev–Trinajstić information content (AvgIpc) is 3.16. The van der Waals surface area contributed by atoms with Crippen molar-refractivity contribution in [2.45, 2.75) is 33.7 Å². The molecule has 1 aromatic carbocycles. The molecule has 2 amide bonds. The van der Waals surface area contributed by atoms with E-state index in [4.69, 9.17) is 12.2 Å². The van der Waals surface area contributed by atoms with Gasteiger partial charge in [-0.1, -0.05) is 32.0 Å². The van der Waals surface area contributed by atoms with Crippen molar-refractivity contribution in [3.8, 4) is 0 Å². The van der Waals surface area contributed by atoms with Crippen molar-refractivity contribution in [1.29, 1.82) is 0 Å². The molecular weight excluding hydrogens is 380 g/mol. The Bertz CT molecular complexity index is 819. The maximum Gasteiger partial charge on any atom is 0.262 e. The molecule has 6 nitrogen and oxygen atoms in total. The summed E-state index contributed by atoms with van der Waals surface area (Å²) in [4.78, 5) is 25.3. The van der Waals surface area contributed by atoms with Gasteiger partial charge >= 0.3 is 0 Å². The predicted molar refractivity (Wildman–Crippen MR) is 114 cm³/mol. The van der Waals surface area contributed by atoms with Crippen molar-refractivity contribution in [2.75, 3.05) is 5.32 Å². The lowest BCUT2D eigenvalue weighted by Crippen LogP contribution is -2.54. The molecule has 2 rings (SSSR count). The van der Waals surface area contributed by atoms with E-state index >= 15 is 0 Å². The summed E-state index contributed by atoms with van der Waals surface area (Å²) in [6, 6.07) is 8.69. The molecule has 0 fully saturated rings. The minimum absolute atomic E-state index is 0.0868. The number of aryl methyl sites for hydroxylation is 1. The third-order valence-electron chi connectivity index (χ3n) is 4.13. The van der Waals surface area contributed by atoms with E-state index in [-0.39, 0.29) is 22.8 Å². The van der Waals surface area contributed by atoms with Gasteiger partial charge in [-0.25, -0.2) is 0 Å². The quantitative estimate of drug-likeness (QED) is 0.455. The molecule has 0 aliphatic rings. The summed E-state index contributed by atoms with van der Waals surface area (Å²) in [5, 5.41) is 7.91. The van der Waals surface area contributed by atoms with Gasteiger partial charge in [0.25, 0.3) is 11.8 Å². The highest BCUT2D eigenvalue weighted by molar-refractivity contribution is 7.80. The van der Waals surface area contributed by atoms with Crippen LogP contribution in [-0.4, -0.2) is 23.0 Å². The minimum atomic E-state index is -0.685. The lowest BCUT2D eigenvalue weighted by atomic mass is 10.0. The third-order valence-corrected chi connectivity index (χ3v) is 5.21. The van der Waals surface area contributed by atoms with Crippen molar-refractivity contribution in [3.05, 3.63) is 51.7 Å².